The van der Waals surface area contributed by atoms with Crippen LogP contribution in [0.4, 0.5) is 13.2 Å². The molecule has 2 amide bonds. The number of carbonyl (C=O) groups excluding carboxylic acids is 2. The minimum Gasteiger partial charge on any atom is -0.486 e. The smallest absolute Gasteiger partial charge is 0.471 e. The van der Waals surface area contributed by atoms with E-state index in [1.807, 2.05) is 12.1 Å². The normalized spacial score (nSPS) is 20.0. The van der Waals surface area contributed by atoms with E-state index in [4.69, 9.17) is 9.47 Å². The van der Waals surface area contributed by atoms with Gasteiger partial charge in [-0.05, 0) is 42.5 Å². The Balaban J connectivity index is 1.38. The summed E-state index contributed by atoms with van der Waals surface area (Å²) >= 11 is 0. The van der Waals surface area contributed by atoms with Crippen LogP contribution in [0.3, 0.4) is 0 Å². The standard InChI is InChI=1S/C19H21F3N2O4/c20-19(21,22)18(26)23-4-1-12(2-5-23)17(25)24-6-3-13-9-15-16(10-14(13)11-24)28-8-7-27-15/h9-10,12H,1-8,11H2. The molecule has 3 aliphatic rings. The molecule has 6 nitrogen and oxygen atoms in total. The van der Waals surface area contributed by atoms with E-state index < -0.39 is 12.1 Å². The third kappa shape index (κ3) is 3.62. The van der Waals surface area contributed by atoms with Crippen molar-refractivity contribution in [2.45, 2.75) is 32.0 Å². The van der Waals surface area contributed by atoms with Gasteiger partial charge in [0.15, 0.2) is 11.5 Å². The Morgan fingerprint density at radius 1 is 0.929 bits per heavy atom. The summed E-state index contributed by atoms with van der Waals surface area (Å²) in [6, 6.07) is 3.88. The van der Waals surface area contributed by atoms with Gasteiger partial charge in [0.1, 0.15) is 13.2 Å². The van der Waals surface area contributed by atoms with E-state index in [9.17, 15) is 22.8 Å². The first-order valence-corrected chi connectivity index (χ1v) is 9.39. The highest BCUT2D eigenvalue weighted by molar-refractivity contribution is 5.83. The van der Waals surface area contributed by atoms with Gasteiger partial charge in [-0.15, -0.1) is 0 Å². The van der Waals surface area contributed by atoms with Crippen molar-refractivity contribution >= 4 is 11.8 Å². The Hall–Kier alpha value is -2.45. The van der Waals surface area contributed by atoms with Crippen molar-refractivity contribution in [3.05, 3.63) is 23.3 Å². The van der Waals surface area contributed by atoms with Gasteiger partial charge >= 0.3 is 12.1 Å². The lowest BCUT2D eigenvalue weighted by Crippen LogP contribution is -2.48. The molecule has 28 heavy (non-hydrogen) atoms. The van der Waals surface area contributed by atoms with Crippen LogP contribution in [0.1, 0.15) is 24.0 Å². The van der Waals surface area contributed by atoms with Crippen LogP contribution >= 0.6 is 0 Å². The zero-order chi connectivity index (χ0) is 19.9. The predicted molar refractivity (Wildman–Crippen MR) is 91.9 cm³/mol. The number of benzene rings is 1. The minimum atomic E-state index is -4.86. The van der Waals surface area contributed by atoms with Crippen LogP contribution in [0.5, 0.6) is 11.5 Å². The molecule has 0 radical (unpaired) electrons. The van der Waals surface area contributed by atoms with Gasteiger partial charge in [0.05, 0.1) is 0 Å². The first-order chi connectivity index (χ1) is 13.3. The molecule has 0 spiro atoms. The third-order valence-corrected chi connectivity index (χ3v) is 5.56. The maximum absolute atomic E-state index is 12.9. The summed E-state index contributed by atoms with van der Waals surface area (Å²) in [6.45, 7) is 1.94. The molecule has 0 atom stereocenters. The lowest BCUT2D eigenvalue weighted by atomic mass is 9.92. The van der Waals surface area contributed by atoms with Crippen molar-refractivity contribution < 1.29 is 32.2 Å². The Morgan fingerprint density at radius 3 is 2.14 bits per heavy atom. The van der Waals surface area contributed by atoms with Gasteiger partial charge in [-0.2, -0.15) is 13.2 Å². The summed E-state index contributed by atoms with van der Waals surface area (Å²) in [4.78, 5) is 26.8. The Morgan fingerprint density at radius 2 is 1.54 bits per heavy atom. The zero-order valence-corrected chi connectivity index (χ0v) is 15.3. The molecule has 0 bridgehead atoms. The highest BCUT2D eigenvalue weighted by Crippen LogP contribution is 2.36. The van der Waals surface area contributed by atoms with Crippen LogP contribution in [-0.2, 0) is 22.6 Å². The SMILES string of the molecule is O=C(C1CCN(C(=O)C(F)(F)F)CC1)N1CCc2cc3c(cc2C1)OCCO3. The third-order valence-electron chi connectivity index (χ3n) is 5.56. The van der Waals surface area contributed by atoms with Gasteiger partial charge in [-0.1, -0.05) is 0 Å². The van der Waals surface area contributed by atoms with Crippen LogP contribution in [0.15, 0.2) is 12.1 Å². The van der Waals surface area contributed by atoms with E-state index in [1.165, 1.54) is 0 Å². The molecule has 3 aliphatic heterocycles. The minimum absolute atomic E-state index is 0.0438. The molecule has 0 saturated carbocycles. The summed E-state index contributed by atoms with van der Waals surface area (Å²) < 4.78 is 48.9. The van der Waals surface area contributed by atoms with E-state index in [-0.39, 0.29) is 37.8 Å². The van der Waals surface area contributed by atoms with Gasteiger partial charge in [0.2, 0.25) is 5.91 Å². The molecule has 1 saturated heterocycles. The maximum atomic E-state index is 12.9. The largest absolute Gasteiger partial charge is 0.486 e. The summed E-state index contributed by atoms with van der Waals surface area (Å²) in [6.07, 6.45) is -3.65. The zero-order valence-electron chi connectivity index (χ0n) is 15.3. The molecule has 0 unspecified atom stereocenters. The van der Waals surface area contributed by atoms with Crippen LogP contribution in [0.2, 0.25) is 0 Å². The van der Waals surface area contributed by atoms with Crippen molar-refractivity contribution in [2.75, 3.05) is 32.8 Å². The number of hydrogen-bond donors (Lipinski definition) is 0. The molecule has 152 valence electrons. The Bertz CT molecular complexity index is 788. The van der Waals surface area contributed by atoms with Gasteiger partial charge in [0, 0.05) is 32.1 Å². The fourth-order valence-electron chi connectivity index (χ4n) is 4.05. The van der Waals surface area contributed by atoms with Crippen LogP contribution in [0.25, 0.3) is 0 Å². The number of fused-ring (bicyclic) bond motifs is 2. The predicted octanol–water partition coefficient (Wildman–Crippen LogP) is 2.14. The average Bonchev–Trinajstić information content (AvgIpc) is 2.70. The number of amides is 2. The van der Waals surface area contributed by atoms with Crippen molar-refractivity contribution in [2.24, 2.45) is 5.92 Å². The van der Waals surface area contributed by atoms with E-state index in [2.05, 4.69) is 0 Å². The quantitative estimate of drug-likeness (QED) is 0.728. The molecular weight excluding hydrogens is 377 g/mol. The van der Waals surface area contributed by atoms with Crippen LogP contribution in [0, 0.1) is 5.92 Å². The molecule has 4 rings (SSSR count). The van der Waals surface area contributed by atoms with Crippen LogP contribution in [-0.4, -0.2) is 60.6 Å². The summed E-state index contributed by atoms with van der Waals surface area (Å²) in [5, 5.41) is 0. The van der Waals surface area contributed by atoms with Gasteiger partial charge < -0.3 is 19.3 Å². The number of piperidine rings is 1. The number of carbonyl (C=O) groups is 2. The van der Waals surface area contributed by atoms with E-state index in [1.54, 1.807) is 4.90 Å². The number of hydrogen-bond acceptors (Lipinski definition) is 4. The molecule has 1 fully saturated rings. The second kappa shape index (κ2) is 7.18. The number of ether oxygens (including phenoxy) is 2. The highest BCUT2D eigenvalue weighted by Gasteiger charge is 2.44. The lowest BCUT2D eigenvalue weighted by molar-refractivity contribution is -0.187. The fourth-order valence-corrected chi connectivity index (χ4v) is 4.05. The van der Waals surface area contributed by atoms with Gasteiger partial charge in [0.25, 0.3) is 0 Å². The van der Waals surface area contributed by atoms with Crippen molar-refractivity contribution in [3.63, 3.8) is 0 Å². The second-order valence-corrected chi connectivity index (χ2v) is 7.34. The highest BCUT2D eigenvalue weighted by atomic mass is 19.4. The van der Waals surface area contributed by atoms with Crippen LogP contribution < -0.4 is 9.47 Å². The van der Waals surface area contributed by atoms with Crippen molar-refractivity contribution in [1.82, 2.24) is 9.80 Å². The maximum Gasteiger partial charge on any atom is 0.471 e. The molecule has 1 aromatic carbocycles. The molecule has 0 N–H and O–H groups in total. The van der Waals surface area contributed by atoms with E-state index >= 15 is 0 Å². The summed E-state index contributed by atoms with van der Waals surface area (Å²) in [5.41, 5.74) is 2.13. The van der Waals surface area contributed by atoms with Crippen molar-refractivity contribution in [1.29, 1.82) is 0 Å². The fraction of sp³-hybridized carbons (Fsp3) is 0.579. The number of likely N-dealkylation sites (tertiary alicyclic amines) is 1. The molecule has 3 heterocycles. The molecule has 9 heteroatoms. The van der Waals surface area contributed by atoms with Gasteiger partial charge in [-0.25, -0.2) is 0 Å². The number of halogens is 3. The van der Waals surface area contributed by atoms with E-state index in [0.717, 1.165) is 21.8 Å². The Labute approximate surface area is 160 Å². The molecule has 0 aliphatic carbocycles. The first kappa shape index (κ1) is 18.9. The summed E-state index contributed by atoms with van der Waals surface area (Å²) in [7, 11) is 0. The molecular formula is C19H21F3N2O4. The monoisotopic (exact) mass is 398 g/mol. The second-order valence-electron chi connectivity index (χ2n) is 7.34. The number of alkyl halides is 3. The van der Waals surface area contributed by atoms with Gasteiger partial charge in [-0.3, -0.25) is 9.59 Å². The topological polar surface area (TPSA) is 59.1 Å². The first-order valence-electron chi connectivity index (χ1n) is 9.39. The number of nitrogens with zero attached hydrogens (tertiary/aromatic N) is 2. The molecule has 0 aromatic heterocycles. The average molecular weight is 398 g/mol. The molecule has 1 aromatic rings. The van der Waals surface area contributed by atoms with Crippen molar-refractivity contribution in [3.8, 4) is 11.5 Å². The Kier molecular flexibility index (Phi) is 4.84. The number of rotatable bonds is 1. The van der Waals surface area contributed by atoms with E-state index in [0.29, 0.717) is 38.5 Å². The lowest BCUT2D eigenvalue weighted by Gasteiger charge is -2.36. The summed E-state index contributed by atoms with van der Waals surface area (Å²) in [5.74, 6) is -0.822.